The SMILES string of the molecule is CC(O)C1C(=O)N2C(C(=O)O)C(SC3CNC(C(=O)N(C)C)C3)C(C)C12. The highest BCUT2D eigenvalue weighted by atomic mass is 32.2. The molecule has 0 aromatic heterocycles. The van der Waals surface area contributed by atoms with Crippen molar-refractivity contribution in [2.75, 3.05) is 20.6 Å². The van der Waals surface area contributed by atoms with Crippen LogP contribution in [0.3, 0.4) is 0 Å². The van der Waals surface area contributed by atoms with Crippen molar-refractivity contribution in [1.29, 1.82) is 0 Å². The van der Waals surface area contributed by atoms with Gasteiger partial charge in [-0.1, -0.05) is 6.92 Å². The molecule has 8 unspecified atom stereocenters. The summed E-state index contributed by atoms with van der Waals surface area (Å²) in [6, 6.07) is -1.34. The van der Waals surface area contributed by atoms with Gasteiger partial charge in [0, 0.05) is 31.1 Å². The van der Waals surface area contributed by atoms with Crippen LogP contribution in [-0.4, -0.2) is 93.2 Å². The quantitative estimate of drug-likeness (QED) is 0.533. The molecule has 3 rings (SSSR count). The van der Waals surface area contributed by atoms with Crippen molar-refractivity contribution in [3.8, 4) is 0 Å². The lowest BCUT2D eigenvalue weighted by Gasteiger charge is -2.47. The molecule has 8 atom stereocenters. The maximum absolute atomic E-state index is 12.4. The molecule has 3 fully saturated rings. The number of β-lactam (4-membered cyclic amide) rings is 1. The number of carbonyl (C=O) groups excluding carboxylic acids is 2. The number of thioether (sulfide) groups is 1. The number of aliphatic hydroxyl groups excluding tert-OH is 1. The van der Waals surface area contributed by atoms with Crippen LogP contribution >= 0.6 is 11.8 Å². The summed E-state index contributed by atoms with van der Waals surface area (Å²) in [7, 11) is 3.44. The molecule has 3 N–H and O–H groups in total. The summed E-state index contributed by atoms with van der Waals surface area (Å²) in [4.78, 5) is 39.4. The highest BCUT2D eigenvalue weighted by Crippen LogP contribution is 2.50. The van der Waals surface area contributed by atoms with Crippen molar-refractivity contribution in [2.24, 2.45) is 11.8 Å². The third-order valence-corrected chi connectivity index (χ3v) is 7.59. The zero-order valence-electron chi connectivity index (χ0n) is 15.5. The molecule has 3 heterocycles. The molecule has 0 bridgehead atoms. The largest absolute Gasteiger partial charge is 0.480 e. The standard InChI is InChI=1S/C17H27N3O5S/c1-7-12-11(8(2)21)16(23)20(12)13(17(24)25)14(7)26-9-5-10(18-6-9)15(22)19(3)4/h7-14,18,21H,5-6H2,1-4H3,(H,24,25). The number of carboxylic acid groups (broad SMARTS) is 1. The Morgan fingerprint density at radius 3 is 2.58 bits per heavy atom. The Kier molecular flexibility index (Phi) is 5.24. The Hall–Kier alpha value is -1.32. The second-order valence-corrected chi connectivity index (χ2v) is 9.28. The van der Waals surface area contributed by atoms with Crippen molar-refractivity contribution in [3.05, 3.63) is 0 Å². The van der Waals surface area contributed by atoms with Gasteiger partial charge in [-0.05, 0) is 19.3 Å². The molecular formula is C17H27N3O5S. The van der Waals surface area contributed by atoms with E-state index in [1.807, 2.05) is 6.92 Å². The number of aliphatic carboxylic acids is 1. The number of rotatable bonds is 5. The molecule has 9 heteroatoms. The summed E-state index contributed by atoms with van der Waals surface area (Å²) < 4.78 is 0. The van der Waals surface area contributed by atoms with E-state index < -0.39 is 24.0 Å². The van der Waals surface area contributed by atoms with Gasteiger partial charge in [0.2, 0.25) is 11.8 Å². The molecule has 0 aliphatic carbocycles. The monoisotopic (exact) mass is 385 g/mol. The number of aliphatic hydroxyl groups is 1. The summed E-state index contributed by atoms with van der Waals surface area (Å²) in [5, 5.41) is 22.7. The normalized spacial score (nSPS) is 40.1. The number of hydrogen-bond acceptors (Lipinski definition) is 6. The van der Waals surface area contributed by atoms with Crippen molar-refractivity contribution in [1.82, 2.24) is 15.1 Å². The van der Waals surface area contributed by atoms with E-state index in [0.717, 1.165) is 0 Å². The first-order valence-electron chi connectivity index (χ1n) is 8.98. The van der Waals surface area contributed by atoms with E-state index in [1.165, 1.54) is 4.90 Å². The van der Waals surface area contributed by atoms with Crippen LogP contribution in [0.4, 0.5) is 0 Å². The second-order valence-electron chi connectivity index (χ2n) is 7.80. The average molecular weight is 385 g/mol. The van der Waals surface area contributed by atoms with Gasteiger partial charge in [-0.3, -0.25) is 9.59 Å². The highest BCUT2D eigenvalue weighted by Gasteiger charge is 2.64. The van der Waals surface area contributed by atoms with Gasteiger partial charge >= 0.3 is 5.97 Å². The van der Waals surface area contributed by atoms with Crippen LogP contribution in [0.2, 0.25) is 0 Å². The number of carboxylic acids is 1. The van der Waals surface area contributed by atoms with E-state index in [9.17, 15) is 24.6 Å². The Balaban J connectivity index is 1.72. The highest BCUT2D eigenvalue weighted by molar-refractivity contribution is 8.00. The number of carbonyl (C=O) groups is 3. The van der Waals surface area contributed by atoms with E-state index in [0.29, 0.717) is 13.0 Å². The Bertz CT molecular complexity index is 613. The van der Waals surface area contributed by atoms with Crippen LogP contribution in [0.5, 0.6) is 0 Å². The minimum atomic E-state index is -0.999. The molecule has 3 aliphatic rings. The van der Waals surface area contributed by atoms with Gasteiger partial charge in [0.15, 0.2) is 0 Å². The molecule has 0 aromatic carbocycles. The van der Waals surface area contributed by atoms with Gasteiger partial charge in [0.1, 0.15) is 6.04 Å². The number of amides is 2. The van der Waals surface area contributed by atoms with Gasteiger partial charge in [-0.15, -0.1) is 0 Å². The third-order valence-electron chi connectivity index (χ3n) is 5.85. The minimum Gasteiger partial charge on any atom is -0.480 e. The summed E-state index contributed by atoms with van der Waals surface area (Å²) in [6.45, 7) is 4.19. The molecule has 8 nitrogen and oxygen atoms in total. The molecule has 26 heavy (non-hydrogen) atoms. The third kappa shape index (κ3) is 2.99. The molecule has 3 saturated heterocycles. The lowest BCUT2D eigenvalue weighted by atomic mass is 9.79. The van der Waals surface area contributed by atoms with Gasteiger partial charge in [0.25, 0.3) is 0 Å². The molecule has 2 amide bonds. The molecule has 0 aromatic rings. The van der Waals surface area contributed by atoms with Crippen LogP contribution in [0, 0.1) is 11.8 Å². The van der Waals surface area contributed by atoms with Crippen molar-refractivity contribution in [2.45, 2.75) is 55.0 Å². The van der Waals surface area contributed by atoms with Crippen molar-refractivity contribution in [3.63, 3.8) is 0 Å². The van der Waals surface area contributed by atoms with E-state index in [2.05, 4.69) is 5.32 Å². The van der Waals surface area contributed by atoms with Crippen molar-refractivity contribution >= 4 is 29.5 Å². The average Bonchev–Trinajstić information content (AvgIpc) is 3.09. The molecular weight excluding hydrogens is 358 g/mol. The topological polar surface area (TPSA) is 110 Å². The number of hydrogen-bond donors (Lipinski definition) is 3. The van der Waals surface area contributed by atoms with Crippen molar-refractivity contribution < 1.29 is 24.6 Å². The fourth-order valence-electron chi connectivity index (χ4n) is 4.58. The zero-order chi connectivity index (χ0) is 19.3. The van der Waals surface area contributed by atoms with Gasteiger partial charge < -0.3 is 25.3 Å². The van der Waals surface area contributed by atoms with Gasteiger partial charge in [-0.25, -0.2) is 4.79 Å². The Morgan fingerprint density at radius 2 is 2.04 bits per heavy atom. The number of nitrogens with one attached hydrogen (secondary N) is 1. The Labute approximate surface area is 157 Å². The van der Waals surface area contributed by atoms with E-state index in [4.69, 9.17) is 0 Å². The summed E-state index contributed by atoms with van der Waals surface area (Å²) in [6.07, 6.45) is -0.130. The van der Waals surface area contributed by atoms with Crippen LogP contribution in [0.1, 0.15) is 20.3 Å². The lowest BCUT2D eigenvalue weighted by Crippen LogP contribution is -2.65. The first-order chi connectivity index (χ1) is 12.1. The first kappa shape index (κ1) is 19.4. The molecule has 0 saturated carbocycles. The maximum atomic E-state index is 12.4. The molecule has 146 valence electrons. The van der Waals surface area contributed by atoms with Gasteiger partial charge in [-0.2, -0.15) is 11.8 Å². The zero-order valence-corrected chi connectivity index (χ0v) is 16.3. The predicted octanol–water partition coefficient (Wildman–Crippen LogP) is -0.782. The molecule has 3 aliphatic heterocycles. The van der Waals surface area contributed by atoms with Crippen LogP contribution < -0.4 is 5.32 Å². The van der Waals surface area contributed by atoms with E-state index in [-0.39, 0.29) is 40.3 Å². The summed E-state index contributed by atoms with van der Waals surface area (Å²) in [5.74, 6) is -1.78. The van der Waals surface area contributed by atoms with E-state index >= 15 is 0 Å². The van der Waals surface area contributed by atoms with Gasteiger partial charge in [0.05, 0.1) is 24.1 Å². The van der Waals surface area contributed by atoms with E-state index in [1.54, 1.807) is 37.7 Å². The number of likely N-dealkylation sites (N-methyl/N-ethyl adjacent to an activating group) is 1. The number of fused-ring (bicyclic) bond motifs is 1. The minimum absolute atomic E-state index is 0.0236. The molecule has 0 spiro atoms. The predicted molar refractivity (Wildman–Crippen MR) is 96.7 cm³/mol. The lowest BCUT2D eigenvalue weighted by molar-refractivity contribution is -0.170. The Morgan fingerprint density at radius 1 is 1.38 bits per heavy atom. The summed E-state index contributed by atoms with van der Waals surface area (Å²) in [5.41, 5.74) is 0. The fraction of sp³-hybridized carbons (Fsp3) is 0.824. The molecule has 0 radical (unpaired) electrons. The number of nitrogens with zero attached hydrogens (tertiary/aromatic N) is 2. The second kappa shape index (κ2) is 7.01. The fourth-order valence-corrected chi connectivity index (χ4v) is 6.32. The van der Waals surface area contributed by atoms with Crippen LogP contribution in [0.15, 0.2) is 0 Å². The first-order valence-corrected chi connectivity index (χ1v) is 9.92. The maximum Gasteiger partial charge on any atom is 0.327 e. The van der Waals surface area contributed by atoms with Crippen LogP contribution in [-0.2, 0) is 14.4 Å². The van der Waals surface area contributed by atoms with Crippen LogP contribution in [0.25, 0.3) is 0 Å². The smallest absolute Gasteiger partial charge is 0.327 e. The summed E-state index contributed by atoms with van der Waals surface area (Å²) >= 11 is 1.57.